The third-order valence-electron chi connectivity index (χ3n) is 3.14. The molecule has 17 heavy (non-hydrogen) atoms. The molecular weight excluding hydrogens is 216 g/mol. The smallest absolute Gasteiger partial charge is 0.286 e. The molecule has 4 heteroatoms. The molecule has 2 aromatic rings. The van der Waals surface area contributed by atoms with Gasteiger partial charge in [-0.15, -0.1) is 0 Å². The lowest BCUT2D eigenvalue weighted by Crippen LogP contribution is -2.25. The average molecular weight is 228 g/mol. The van der Waals surface area contributed by atoms with Crippen molar-refractivity contribution in [2.45, 2.75) is 19.3 Å². The van der Waals surface area contributed by atoms with Crippen molar-refractivity contribution in [3.63, 3.8) is 0 Å². The van der Waals surface area contributed by atoms with Crippen LogP contribution in [-0.4, -0.2) is 4.73 Å². The summed E-state index contributed by atoms with van der Waals surface area (Å²) in [7, 11) is 0. The number of hydrogen-bond donors (Lipinski definition) is 0. The van der Waals surface area contributed by atoms with Gasteiger partial charge >= 0.3 is 0 Å². The average Bonchev–Trinajstić information content (AvgIpc) is 2.62. The molecule has 0 unspecified atom stereocenters. The van der Waals surface area contributed by atoms with E-state index in [0.717, 1.165) is 22.0 Å². The van der Waals surface area contributed by atoms with Gasteiger partial charge in [0.15, 0.2) is 0 Å². The van der Waals surface area contributed by atoms with E-state index in [4.69, 9.17) is 0 Å². The van der Waals surface area contributed by atoms with Gasteiger partial charge in [0.25, 0.3) is 11.2 Å². The zero-order valence-corrected chi connectivity index (χ0v) is 9.30. The third kappa shape index (κ3) is 1.45. The zero-order valence-electron chi connectivity index (χ0n) is 9.30. The first kappa shape index (κ1) is 10.1. The molecule has 0 spiro atoms. The lowest BCUT2D eigenvalue weighted by molar-refractivity contribution is -0.467. The summed E-state index contributed by atoms with van der Waals surface area (Å²) in [5.74, 6) is 0. The van der Waals surface area contributed by atoms with Crippen molar-refractivity contribution in [1.82, 2.24) is 4.73 Å². The van der Waals surface area contributed by atoms with Crippen LogP contribution >= 0.6 is 0 Å². The van der Waals surface area contributed by atoms with Crippen LogP contribution in [0.3, 0.4) is 0 Å². The van der Waals surface area contributed by atoms with Crippen LogP contribution in [0.15, 0.2) is 30.3 Å². The summed E-state index contributed by atoms with van der Waals surface area (Å²) in [6.07, 6.45) is 6.18. The van der Waals surface area contributed by atoms with Crippen LogP contribution in [-0.2, 0) is 6.42 Å². The molecule has 1 aromatic carbocycles. The van der Waals surface area contributed by atoms with Crippen LogP contribution in [0.1, 0.15) is 24.2 Å². The second-order valence-electron chi connectivity index (χ2n) is 4.20. The number of allylic oxidation sites excluding steroid dienone is 1. The predicted octanol–water partition coefficient (Wildman–Crippen LogP) is 2.25. The van der Waals surface area contributed by atoms with Gasteiger partial charge in [-0.2, -0.15) is 0 Å². The first-order valence-corrected chi connectivity index (χ1v) is 5.72. The van der Waals surface area contributed by atoms with Gasteiger partial charge in [0, 0.05) is 17.0 Å². The van der Waals surface area contributed by atoms with Gasteiger partial charge in [0.1, 0.15) is 5.52 Å². The Balaban J connectivity index is 2.49. The summed E-state index contributed by atoms with van der Waals surface area (Å²) >= 11 is 0. The van der Waals surface area contributed by atoms with E-state index in [0.29, 0.717) is 28.8 Å². The van der Waals surface area contributed by atoms with Crippen molar-refractivity contribution in [3.8, 4) is 0 Å². The molecule has 0 radical (unpaired) electrons. The molecule has 0 bridgehead atoms. The molecule has 0 saturated heterocycles. The first-order valence-electron chi connectivity index (χ1n) is 5.72. The van der Waals surface area contributed by atoms with Gasteiger partial charge in [-0.05, 0) is 25.3 Å². The van der Waals surface area contributed by atoms with Gasteiger partial charge in [0.2, 0.25) is 0 Å². The quantitative estimate of drug-likeness (QED) is 0.649. The molecule has 4 nitrogen and oxygen atoms in total. The van der Waals surface area contributed by atoms with Gasteiger partial charge in [-0.3, -0.25) is 0 Å². The minimum Gasteiger partial charge on any atom is -0.805 e. The fourth-order valence-corrected chi connectivity index (χ4v) is 2.28. The fraction of sp³-hybridized carbons (Fsp3) is 0.231. The molecule has 86 valence electrons. The summed E-state index contributed by atoms with van der Waals surface area (Å²) in [5.41, 5.74) is 1.92. The summed E-state index contributed by atoms with van der Waals surface area (Å²) in [5, 5.41) is 12.2. The Hall–Kier alpha value is -2.10. The second kappa shape index (κ2) is 3.73. The monoisotopic (exact) mass is 228 g/mol. The minimum atomic E-state index is 0.424. The van der Waals surface area contributed by atoms with E-state index in [1.54, 1.807) is 30.3 Å². The van der Waals surface area contributed by atoms with E-state index >= 15 is 0 Å². The third-order valence-corrected chi connectivity index (χ3v) is 3.14. The predicted molar refractivity (Wildman–Crippen MR) is 66.0 cm³/mol. The van der Waals surface area contributed by atoms with E-state index in [9.17, 15) is 10.1 Å². The maximum atomic E-state index is 12.2. The first-order chi connectivity index (χ1) is 8.29. The summed E-state index contributed by atoms with van der Waals surface area (Å²) in [4.78, 5) is 12.2. The Morgan fingerprint density at radius 2 is 2.12 bits per heavy atom. The van der Waals surface area contributed by atoms with Crippen molar-refractivity contribution in [1.29, 1.82) is 0 Å². The highest BCUT2D eigenvalue weighted by Crippen LogP contribution is 2.19. The minimum absolute atomic E-state index is 0.424. The number of nitrogens with zero attached hydrogens (tertiary/aromatic N) is 2. The molecule has 1 heterocycles. The number of benzene rings is 1. The SMILES string of the molecule is O=[n+]1c2c(n([O-])c3ccccc31)CCCC=C2. The molecule has 1 aliphatic rings. The van der Waals surface area contributed by atoms with Crippen molar-refractivity contribution in [2.75, 3.05) is 0 Å². The zero-order chi connectivity index (χ0) is 11.8. The number of aromatic nitrogens is 2. The summed E-state index contributed by atoms with van der Waals surface area (Å²) < 4.78 is 1.76. The van der Waals surface area contributed by atoms with Gasteiger partial charge in [-0.25, -0.2) is 0 Å². The van der Waals surface area contributed by atoms with Crippen LogP contribution in [0.25, 0.3) is 17.1 Å². The van der Waals surface area contributed by atoms with Crippen LogP contribution in [0, 0.1) is 10.1 Å². The Morgan fingerprint density at radius 1 is 1.29 bits per heavy atom. The highest BCUT2D eigenvalue weighted by atomic mass is 16.5. The maximum absolute atomic E-state index is 12.2. The topological polar surface area (TPSA) is 51.0 Å². The summed E-state index contributed by atoms with van der Waals surface area (Å²) in [6, 6.07) is 6.90. The Bertz CT molecular complexity index is 671. The van der Waals surface area contributed by atoms with Crippen molar-refractivity contribution >= 4 is 17.1 Å². The van der Waals surface area contributed by atoms with E-state index in [2.05, 4.69) is 0 Å². The Labute approximate surface area is 98.0 Å². The molecular formula is C13H12N2O2. The molecule has 3 rings (SSSR count). The van der Waals surface area contributed by atoms with E-state index in [1.165, 1.54) is 0 Å². The molecule has 1 aliphatic carbocycles. The van der Waals surface area contributed by atoms with Crippen LogP contribution in [0.5, 0.6) is 0 Å². The van der Waals surface area contributed by atoms with Gasteiger partial charge in [-0.1, -0.05) is 18.2 Å². The molecule has 0 saturated carbocycles. The van der Waals surface area contributed by atoms with Crippen molar-refractivity contribution in [2.24, 2.45) is 0 Å². The van der Waals surface area contributed by atoms with Gasteiger partial charge in [0.05, 0.1) is 10.1 Å². The molecule has 0 N–H and O–H groups in total. The molecule has 0 aliphatic heterocycles. The standard InChI is InChI=1S/C13H12N2O2/c16-14-10-6-2-1-3-7-11(10)15(17)13-9-5-4-8-12(13)14/h2,4-6,8-9H,1,3,7H2. The Morgan fingerprint density at radius 3 is 3.00 bits per heavy atom. The number of hydrogen-bond acceptors (Lipinski definition) is 2. The van der Waals surface area contributed by atoms with Crippen molar-refractivity contribution < 1.29 is 4.43 Å². The number of fused-ring (bicyclic) bond motifs is 2. The number of rotatable bonds is 0. The van der Waals surface area contributed by atoms with Crippen LogP contribution in [0.2, 0.25) is 0 Å². The van der Waals surface area contributed by atoms with Gasteiger partial charge < -0.3 is 9.94 Å². The number of para-hydroxylation sites is 2. The lowest BCUT2D eigenvalue weighted by Gasteiger charge is -2.17. The molecule has 1 aromatic heterocycles. The lowest BCUT2D eigenvalue weighted by atomic mass is 10.2. The normalized spacial score (nSPS) is 14.6. The summed E-state index contributed by atoms with van der Waals surface area (Å²) in [6.45, 7) is 0. The van der Waals surface area contributed by atoms with Crippen molar-refractivity contribution in [3.05, 3.63) is 51.8 Å². The van der Waals surface area contributed by atoms with E-state index in [1.807, 2.05) is 6.08 Å². The second-order valence-corrected chi connectivity index (χ2v) is 4.20. The van der Waals surface area contributed by atoms with Crippen LogP contribution in [0.4, 0.5) is 0 Å². The molecule has 0 atom stereocenters. The highest BCUT2D eigenvalue weighted by molar-refractivity contribution is 5.73. The Kier molecular flexibility index (Phi) is 2.21. The fourth-order valence-electron chi connectivity index (χ4n) is 2.28. The maximum Gasteiger partial charge on any atom is 0.286 e. The largest absolute Gasteiger partial charge is 0.805 e. The molecule has 0 fully saturated rings. The molecule has 0 amide bonds. The van der Waals surface area contributed by atoms with E-state index in [-0.39, 0.29) is 0 Å². The highest BCUT2D eigenvalue weighted by Gasteiger charge is 2.20. The van der Waals surface area contributed by atoms with Crippen LogP contribution < -0.4 is 4.43 Å². The van der Waals surface area contributed by atoms with E-state index < -0.39 is 0 Å².